The van der Waals surface area contributed by atoms with Gasteiger partial charge in [-0.15, -0.1) is 5.10 Å². The number of hydrogen-bond acceptors (Lipinski definition) is 6. The maximum Gasteiger partial charge on any atom is 0.416 e. The molecule has 1 aliphatic heterocycles. The first-order valence-electron chi connectivity index (χ1n) is 14.1. The smallest absolute Gasteiger partial charge is 0.416 e. The number of anilines is 2. The van der Waals surface area contributed by atoms with E-state index in [9.17, 15) is 31.1 Å². The molecule has 0 saturated carbocycles. The quantitative estimate of drug-likeness (QED) is 0.292. The van der Waals surface area contributed by atoms with E-state index in [2.05, 4.69) is 15.4 Å². The second-order valence-electron chi connectivity index (χ2n) is 11.3. The lowest BCUT2D eigenvalue weighted by molar-refractivity contribution is -0.143. The number of fused-ring (bicyclic) bond motifs is 3. The van der Waals surface area contributed by atoms with E-state index in [0.29, 0.717) is 30.6 Å². The number of rotatable bonds is 5. The van der Waals surface area contributed by atoms with E-state index < -0.39 is 35.6 Å². The van der Waals surface area contributed by atoms with E-state index in [1.807, 2.05) is 13.0 Å². The number of tetrazole rings is 1. The molecule has 2 heterocycles. The van der Waals surface area contributed by atoms with Crippen LogP contribution < -0.4 is 9.80 Å². The van der Waals surface area contributed by atoms with Gasteiger partial charge in [0.2, 0.25) is 0 Å². The van der Waals surface area contributed by atoms with Crippen molar-refractivity contribution in [2.75, 3.05) is 16.3 Å². The van der Waals surface area contributed by atoms with Gasteiger partial charge in [-0.05, 0) is 104 Å². The summed E-state index contributed by atoms with van der Waals surface area (Å²) in [6.07, 6.45) is -7.50. The van der Waals surface area contributed by atoms with Crippen molar-refractivity contribution in [2.45, 2.75) is 83.9 Å². The number of hydrogen-bond donors (Lipinski definition) is 0. The standard InChI is InChI=1S/C29H32F6N6O2/c1-16(2)43-27(42)40-10-6-9-24(23-11-17(3)21-7-5-8-22(21)25(23)40)41(26-36-38-39(4)37-26)15-18-12-19(28(30,31)32)14-20(13-18)29(33,34)35/h11-14,16,24H,5-10,15H2,1-4H3. The first kappa shape index (κ1) is 30.6. The van der Waals surface area contributed by atoms with Crippen molar-refractivity contribution in [2.24, 2.45) is 7.05 Å². The zero-order valence-electron chi connectivity index (χ0n) is 24.2. The minimum Gasteiger partial charge on any atom is -0.446 e. The average Bonchev–Trinajstić information content (AvgIpc) is 3.52. The Balaban J connectivity index is 1.68. The van der Waals surface area contributed by atoms with Crippen LogP contribution in [0.5, 0.6) is 0 Å². The second-order valence-corrected chi connectivity index (χ2v) is 11.3. The van der Waals surface area contributed by atoms with Gasteiger partial charge < -0.3 is 9.64 Å². The molecule has 0 radical (unpaired) electrons. The molecule has 0 saturated heterocycles. The molecule has 1 aliphatic carbocycles. The lowest BCUT2D eigenvalue weighted by atomic mass is 9.91. The molecule has 0 spiro atoms. The lowest BCUT2D eigenvalue weighted by Crippen LogP contribution is -2.35. The fourth-order valence-corrected chi connectivity index (χ4v) is 6.07. The summed E-state index contributed by atoms with van der Waals surface area (Å²) in [5, 5.41) is 12.3. The lowest BCUT2D eigenvalue weighted by Gasteiger charge is -2.33. The SMILES string of the molecule is Cc1cc2c(c3c1CCC3)N(C(=O)OC(C)C)CCCC2N(Cc1cc(C(F)(F)F)cc(C(F)(F)F)c1)c1nnn(C)n1. The predicted molar refractivity (Wildman–Crippen MR) is 146 cm³/mol. The van der Waals surface area contributed by atoms with Crippen molar-refractivity contribution < 1.29 is 35.9 Å². The van der Waals surface area contributed by atoms with Crippen molar-refractivity contribution in [3.63, 3.8) is 0 Å². The normalized spacial score (nSPS) is 17.1. The summed E-state index contributed by atoms with van der Waals surface area (Å²) < 4.78 is 87.9. The fraction of sp³-hybridized carbons (Fsp3) is 0.517. The average molecular weight is 611 g/mol. The molecule has 1 amide bonds. The molecule has 14 heteroatoms. The van der Waals surface area contributed by atoms with Gasteiger partial charge >= 0.3 is 18.4 Å². The number of aromatic nitrogens is 4. The summed E-state index contributed by atoms with van der Waals surface area (Å²) in [4.78, 5) is 17.7. The first-order valence-corrected chi connectivity index (χ1v) is 14.1. The van der Waals surface area contributed by atoms with Gasteiger partial charge in [0.1, 0.15) is 0 Å². The van der Waals surface area contributed by atoms with Crippen LogP contribution in [0, 0.1) is 6.92 Å². The van der Waals surface area contributed by atoms with Crippen LogP contribution >= 0.6 is 0 Å². The van der Waals surface area contributed by atoms with Crippen molar-refractivity contribution >= 4 is 17.7 Å². The zero-order chi connectivity index (χ0) is 31.3. The number of amides is 1. The summed E-state index contributed by atoms with van der Waals surface area (Å²) in [7, 11) is 1.52. The van der Waals surface area contributed by atoms with E-state index in [0.717, 1.165) is 48.1 Å². The van der Waals surface area contributed by atoms with E-state index in [4.69, 9.17) is 4.74 Å². The molecule has 2 aliphatic rings. The molecule has 2 aromatic carbocycles. The highest BCUT2D eigenvalue weighted by molar-refractivity contribution is 5.91. The Morgan fingerprint density at radius 3 is 2.26 bits per heavy atom. The Labute approximate surface area is 244 Å². The highest BCUT2D eigenvalue weighted by Crippen LogP contribution is 2.46. The third-order valence-electron chi connectivity index (χ3n) is 7.80. The number of carbonyl (C=O) groups is 1. The minimum atomic E-state index is -4.99. The molecule has 232 valence electrons. The van der Waals surface area contributed by atoms with Crippen LogP contribution in [0.3, 0.4) is 0 Å². The van der Waals surface area contributed by atoms with Gasteiger partial charge in [0.05, 0.1) is 36.0 Å². The third-order valence-corrected chi connectivity index (χ3v) is 7.80. The number of carbonyl (C=O) groups excluding carboxylic acids is 1. The molecular weight excluding hydrogens is 578 g/mol. The Hall–Kier alpha value is -3.84. The van der Waals surface area contributed by atoms with Crippen molar-refractivity contribution in [3.05, 3.63) is 63.2 Å². The number of ether oxygens (including phenoxy) is 1. The van der Waals surface area contributed by atoms with Gasteiger partial charge in [-0.25, -0.2) is 4.79 Å². The Kier molecular flexibility index (Phi) is 8.07. The van der Waals surface area contributed by atoms with Crippen LogP contribution in [0.25, 0.3) is 0 Å². The summed E-state index contributed by atoms with van der Waals surface area (Å²) in [5.41, 5.74) is 1.53. The van der Waals surface area contributed by atoms with Crippen molar-refractivity contribution in [1.29, 1.82) is 0 Å². The molecule has 1 unspecified atom stereocenters. The van der Waals surface area contributed by atoms with Crippen molar-refractivity contribution in [3.8, 4) is 0 Å². The van der Waals surface area contributed by atoms with Crippen molar-refractivity contribution in [1.82, 2.24) is 20.2 Å². The molecule has 5 rings (SSSR count). The highest BCUT2D eigenvalue weighted by atomic mass is 19.4. The largest absolute Gasteiger partial charge is 0.446 e. The Bertz CT molecular complexity index is 1480. The summed E-state index contributed by atoms with van der Waals surface area (Å²) in [6, 6.07) is 2.92. The maximum absolute atomic E-state index is 13.7. The minimum absolute atomic E-state index is 0.0424. The fourth-order valence-electron chi connectivity index (χ4n) is 6.07. The van der Waals surface area contributed by atoms with Crippen LogP contribution in [0.2, 0.25) is 0 Å². The maximum atomic E-state index is 13.7. The number of halogens is 6. The van der Waals surface area contributed by atoms with Gasteiger partial charge in [-0.3, -0.25) is 4.90 Å². The van der Waals surface area contributed by atoms with Crippen LogP contribution in [0.1, 0.15) is 78.1 Å². The van der Waals surface area contributed by atoms with Crippen LogP contribution in [-0.4, -0.2) is 38.9 Å². The molecular formula is C29H32F6N6O2. The van der Waals surface area contributed by atoms with Gasteiger partial charge in [-0.1, -0.05) is 11.2 Å². The van der Waals surface area contributed by atoms with E-state index in [1.54, 1.807) is 23.6 Å². The predicted octanol–water partition coefficient (Wildman–Crippen LogP) is 6.94. The van der Waals surface area contributed by atoms with Gasteiger partial charge in [-0.2, -0.15) is 31.1 Å². The Morgan fingerprint density at radius 2 is 1.67 bits per heavy atom. The van der Waals surface area contributed by atoms with Crippen LogP contribution in [0.15, 0.2) is 24.3 Å². The molecule has 1 aromatic heterocycles. The molecule has 0 N–H and O–H groups in total. The first-order chi connectivity index (χ1) is 20.1. The third kappa shape index (κ3) is 6.28. The van der Waals surface area contributed by atoms with Crippen LogP contribution in [-0.2, 0) is 43.5 Å². The topological polar surface area (TPSA) is 76.4 Å². The number of aryl methyl sites for hydroxylation is 2. The van der Waals surface area contributed by atoms with E-state index in [1.165, 1.54) is 11.8 Å². The second kappa shape index (κ2) is 11.3. The zero-order valence-corrected chi connectivity index (χ0v) is 24.2. The highest BCUT2D eigenvalue weighted by Gasteiger charge is 2.39. The summed E-state index contributed by atoms with van der Waals surface area (Å²) >= 11 is 0. The molecule has 1 atom stereocenters. The summed E-state index contributed by atoms with van der Waals surface area (Å²) in [5.74, 6) is 0.0424. The number of alkyl halides is 6. The summed E-state index contributed by atoms with van der Waals surface area (Å²) in [6.45, 7) is 5.44. The molecule has 43 heavy (non-hydrogen) atoms. The van der Waals surface area contributed by atoms with Gasteiger partial charge in [0, 0.05) is 13.1 Å². The number of nitrogens with zero attached hydrogens (tertiary/aromatic N) is 6. The van der Waals surface area contributed by atoms with E-state index in [-0.39, 0.29) is 30.2 Å². The Morgan fingerprint density at radius 1 is 1.02 bits per heavy atom. The van der Waals surface area contributed by atoms with Crippen LogP contribution in [0.4, 0.5) is 42.8 Å². The molecule has 0 bridgehead atoms. The van der Waals surface area contributed by atoms with Gasteiger partial charge in [0.15, 0.2) is 0 Å². The number of benzene rings is 2. The van der Waals surface area contributed by atoms with Gasteiger partial charge in [0.25, 0.3) is 5.95 Å². The molecule has 3 aromatic rings. The van der Waals surface area contributed by atoms with E-state index >= 15 is 0 Å². The molecule has 8 nitrogen and oxygen atoms in total. The monoisotopic (exact) mass is 610 g/mol. The molecule has 0 fully saturated rings.